The van der Waals surface area contributed by atoms with Crippen molar-refractivity contribution in [2.75, 3.05) is 0 Å². The molecule has 0 spiro atoms. The van der Waals surface area contributed by atoms with Gasteiger partial charge in [0.15, 0.2) is 0 Å². The Balaban J connectivity index is 0.000000245. The van der Waals surface area contributed by atoms with Crippen LogP contribution in [0.4, 0.5) is 0 Å². The summed E-state index contributed by atoms with van der Waals surface area (Å²) in [5.41, 5.74) is 2.39. The second-order valence-corrected chi connectivity index (χ2v) is 2.84. The van der Waals surface area contributed by atoms with Crippen molar-refractivity contribution in [2.45, 2.75) is 0 Å². The molecule has 2 rings (SSSR count). The molecule has 0 amide bonds. The van der Waals surface area contributed by atoms with Gasteiger partial charge in [-0.25, -0.2) is 0 Å². The van der Waals surface area contributed by atoms with E-state index in [2.05, 4.69) is 13.2 Å². The van der Waals surface area contributed by atoms with Gasteiger partial charge in [0, 0.05) is 17.1 Å². The third kappa shape index (κ3) is 5.21. The maximum atomic E-state index is 3.60. The van der Waals surface area contributed by atoms with Crippen LogP contribution in [0.3, 0.4) is 0 Å². The molecular formula is C14H14Fe-6. The zero-order valence-corrected chi connectivity index (χ0v) is 9.65. The van der Waals surface area contributed by atoms with Gasteiger partial charge >= 0.3 is 0 Å². The van der Waals surface area contributed by atoms with E-state index >= 15 is 0 Å². The molecule has 0 aliphatic carbocycles. The van der Waals surface area contributed by atoms with Crippen LogP contribution in [0, 0.1) is 0 Å². The Morgan fingerprint density at radius 2 is 1.47 bits per heavy atom. The van der Waals surface area contributed by atoms with Crippen molar-refractivity contribution in [2.24, 2.45) is 0 Å². The summed E-state index contributed by atoms with van der Waals surface area (Å²) in [6, 6.07) is 16.1. The number of hydrogen-bond donors (Lipinski definition) is 0. The van der Waals surface area contributed by atoms with E-state index in [1.165, 1.54) is 11.1 Å². The Morgan fingerprint density at radius 3 is 1.73 bits per heavy atom. The zero-order valence-electron chi connectivity index (χ0n) is 8.54. The Hall–Kier alpha value is -1.30. The minimum Gasteiger partial charge on any atom is -0.687 e. The molecule has 0 fully saturated rings. The average Bonchev–Trinajstić information content (AvgIpc) is 2.92. The molecule has 1 heteroatoms. The van der Waals surface area contributed by atoms with Gasteiger partial charge in [-0.1, -0.05) is 0 Å². The molecule has 0 aliphatic heterocycles. The van der Waals surface area contributed by atoms with Crippen LogP contribution in [0.5, 0.6) is 0 Å². The van der Waals surface area contributed by atoms with Crippen LogP contribution in [0.1, 0.15) is 11.1 Å². The van der Waals surface area contributed by atoms with Crippen LogP contribution >= 0.6 is 0 Å². The van der Waals surface area contributed by atoms with E-state index in [0.717, 1.165) is 0 Å². The fraction of sp³-hybridized carbons (Fsp3) is 0. The smallest absolute Gasteiger partial charge is 0 e. The molecule has 0 radical (unpaired) electrons. The Morgan fingerprint density at radius 1 is 0.933 bits per heavy atom. The summed E-state index contributed by atoms with van der Waals surface area (Å²) in [7, 11) is 0. The van der Waals surface area contributed by atoms with Gasteiger partial charge in [-0.15, -0.1) is 23.8 Å². The van der Waals surface area contributed by atoms with Crippen molar-refractivity contribution < 1.29 is 17.1 Å². The van der Waals surface area contributed by atoms with Crippen molar-refractivity contribution in [3.63, 3.8) is 0 Å². The molecule has 0 nitrogen and oxygen atoms in total. The molecule has 0 N–H and O–H groups in total. The van der Waals surface area contributed by atoms with E-state index in [1.807, 2.05) is 60.7 Å². The topological polar surface area (TPSA) is 0 Å². The second-order valence-electron chi connectivity index (χ2n) is 2.84. The van der Waals surface area contributed by atoms with Crippen LogP contribution in [0.15, 0.2) is 61.7 Å². The van der Waals surface area contributed by atoms with Gasteiger partial charge in [0.2, 0.25) is 0 Å². The van der Waals surface area contributed by atoms with E-state index in [1.54, 1.807) is 0 Å². The first kappa shape index (κ1) is 13.7. The van der Waals surface area contributed by atoms with Gasteiger partial charge in [0.05, 0.1) is 0 Å². The molecule has 0 aromatic heterocycles. The van der Waals surface area contributed by atoms with Gasteiger partial charge in [-0.2, -0.15) is 18.7 Å². The SMILES string of the molecule is C=C[c-]1[cH-][cH-][cH-][cH-]1.C=C[c-]1cccc1.[Fe]. The van der Waals surface area contributed by atoms with Crippen molar-refractivity contribution in [3.8, 4) is 0 Å². The van der Waals surface area contributed by atoms with Crippen LogP contribution in [-0.2, 0) is 17.1 Å². The molecular weight excluding hydrogens is 224 g/mol. The fourth-order valence-electron chi connectivity index (χ4n) is 1.05. The Bertz CT molecular complexity index is 314. The standard InChI is InChI=1S/2C7H7.Fe/c2*1-2-7-5-3-4-6-7;/h2*2-6H,1H2;/q-5;-1;. The van der Waals surface area contributed by atoms with Crippen LogP contribution in [0.25, 0.3) is 12.2 Å². The monoisotopic (exact) mass is 238 g/mol. The van der Waals surface area contributed by atoms with Crippen molar-refractivity contribution in [3.05, 3.63) is 72.8 Å². The fourth-order valence-corrected chi connectivity index (χ4v) is 1.05. The molecule has 0 unspecified atom stereocenters. The summed E-state index contributed by atoms with van der Waals surface area (Å²) in [4.78, 5) is 0. The minimum atomic E-state index is 0. The predicted molar refractivity (Wildman–Crippen MR) is 64.3 cm³/mol. The Labute approximate surface area is 102 Å². The Kier molecular flexibility index (Phi) is 7.35. The molecule has 2 aromatic carbocycles. The van der Waals surface area contributed by atoms with Gasteiger partial charge in [-0.05, 0) is 0 Å². The third-order valence-corrected chi connectivity index (χ3v) is 1.85. The van der Waals surface area contributed by atoms with E-state index in [9.17, 15) is 0 Å². The van der Waals surface area contributed by atoms with Crippen molar-refractivity contribution in [1.29, 1.82) is 0 Å². The van der Waals surface area contributed by atoms with Crippen LogP contribution in [-0.4, -0.2) is 0 Å². The number of rotatable bonds is 2. The maximum absolute atomic E-state index is 3.60. The minimum absolute atomic E-state index is 0. The van der Waals surface area contributed by atoms with E-state index in [4.69, 9.17) is 0 Å². The molecule has 0 aliphatic rings. The third-order valence-electron chi connectivity index (χ3n) is 1.85. The largest absolute Gasteiger partial charge is 0.687 e. The molecule has 0 saturated carbocycles. The van der Waals surface area contributed by atoms with E-state index < -0.39 is 0 Å². The van der Waals surface area contributed by atoms with E-state index in [-0.39, 0.29) is 17.1 Å². The first-order valence-corrected chi connectivity index (χ1v) is 4.55. The normalized spacial score (nSPS) is 8.00. The predicted octanol–water partition coefficient (Wildman–Crippen LogP) is 4.09. The van der Waals surface area contributed by atoms with Crippen LogP contribution < -0.4 is 0 Å². The average molecular weight is 238 g/mol. The molecule has 0 bridgehead atoms. The summed E-state index contributed by atoms with van der Waals surface area (Å²) in [5, 5.41) is 0. The summed E-state index contributed by atoms with van der Waals surface area (Å²) in [6.07, 6.45) is 3.67. The molecule has 2 aromatic rings. The van der Waals surface area contributed by atoms with E-state index in [0.29, 0.717) is 0 Å². The van der Waals surface area contributed by atoms with Gasteiger partial charge in [-0.3, -0.25) is 0 Å². The first-order valence-electron chi connectivity index (χ1n) is 4.55. The van der Waals surface area contributed by atoms with Gasteiger partial charge in [0.25, 0.3) is 0 Å². The summed E-state index contributed by atoms with van der Waals surface area (Å²) >= 11 is 0. The van der Waals surface area contributed by atoms with Gasteiger partial charge < -0.3 is 42.5 Å². The molecule has 84 valence electrons. The first-order chi connectivity index (χ1) is 6.86. The summed E-state index contributed by atoms with van der Waals surface area (Å²) in [6.45, 7) is 7.21. The number of hydrogen-bond acceptors (Lipinski definition) is 0. The van der Waals surface area contributed by atoms with Crippen molar-refractivity contribution >= 4 is 12.2 Å². The molecule has 15 heavy (non-hydrogen) atoms. The zero-order chi connectivity index (χ0) is 10.2. The molecule has 0 atom stereocenters. The van der Waals surface area contributed by atoms with Crippen LogP contribution in [0.2, 0.25) is 0 Å². The quantitative estimate of drug-likeness (QED) is 0.546. The maximum Gasteiger partial charge on any atom is 0 e. The molecule has 0 heterocycles. The second kappa shape index (κ2) is 8.04. The van der Waals surface area contributed by atoms with Crippen molar-refractivity contribution in [1.82, 2.24) is 0 Å². The summed E-state index contributed by atoms with van der Waals surface area (Å²) in [5.74, 6) is 0. The summed E-state index contributed by atoms with van der Waals surface area (Å²) < 4.78 is 0. The van der Waals surface area contributed by atoms with Gasteiger partial charge in [0.1, 0.15) is 0 Å². The molecule has 0 saturated heterocycles.